The molecule has 5 nitrogen and oxygen atoms in total. The maximum absolute atomic E-state index is 12.3. The molecule has 2 aromatic carbocycles. The number of carbonyl (C=O) groups excluding carboxylic acids is 1. The van der Waals surface area contributed by atoms with Crippen LogP contribution in [0.2, 0.25) is 0 Å². The van der Waals surface area contributed by atoms with Crippen molar-refractivity contribution in [1.29, 1.82) is 0 Å². The molecular weight excluding hydrogens is 326 g/mol. The molecule has 0 bridgehead atoms. The lowest BCUT2D eigenvalue weighted by Gasteiger charge is -2.10. The predicted molar refractivity (Wildman–Crippen MR) is 101 cm³/mol. The lowest BCUT2D eigenvalue weighted by atomic mass is 10.1. The number of amides is 1. The van der Waals surface area contributed by atoms with Gasteiger partial charge in [-0.25, -0.2) is 4.98 Å². The van der Waals surface area contributed by atoms with E-state index >= 15 is 0 Å². The molecule has 1 aromatic heterocycles. The van der Waals surface area contributed by atoms with Crippen LogP contribution in [0, 0.1) is 0 Å². The number of rotatable bonds is 7. The largest absolute Gasteiger partial charge is 0.496 e. The highest BCUT2D eigenvalue weighted by Gasteiger charge is 2.28. The van der Waals surface area contributed by atoms with Crippen molar-refractivity contribution < 1.29 is 9.53 Å². The minimum absolute atomic E-state index is 0.0327. The highest BCUT2D eigenvalue weighted by atomic mass is 16.5. The van der Waals surface area contributed by atoms with Gasteiger partial charge in [0.05, 0.1) is 24.7 Å². The van der Waals surface area contributed by atoms with Gasteiger partial charge in [-0.15, -0.1) is 0 Å². The number of fused-ring (bicyclic) bond motifs is 1. The van der Waals surface area contributed by atoms with Gasteiger partial charge in [-0.2, -0.15) is 0 Å². The van der Waals surface area contributed by atoms with Gasteiger partial charge in [-0.3, -0.25) is 4.79 Å². The molecule has 1 amide bonds. The Morgan fingerprint density at radius 1 is 1.19 bits per heavy atom. The van der Waals surface area contributed by atoms with E-state index in [0.717, 1.165) is 28.2 Å². The van der Waals surface area contributed by atoms with Crippen molar-refractivity contribution in [3.05, 3.63) is 59.9 Å². The summed E-state index contributed by atoms with van der Waals surface area (Å²) in [6.45, 7) is 0.468. The zero-order valence-corrected chi connectivity index (χ0v) is 14.9. The van der Waals surface area contributed by atoms with Crippen molar-refractivity contribution in [2.75, 3.05) is 7.11 Å². The number of para-hydroxylation sites is 3. The van der Waals surface area contributed by atoms with Crippen molar-refractivity contribution in [2.24, 2.45) is 0 Å². The summed E-state index contributed by atoms with van der Waals surface area (Å²) in [7, 11) is 1.65. The van der Waals surface area contributed by atoms with E-state index in [1.807, 2.05) is 42.5 Å². The molecule has 5 heteroatoms. The molecule has 1 saturated carbocycles. The van der Waals surface area contributed by atoms with Crippen molar-refractivity contribution >= 4 is 16.9 Å². The molecule has 134 valence electrons. The predicted octanol–water partition coefficient (Wildman–Crippen LogP) is 3.63. The van der Waals surface area contributed by atoms with Crippen LogP contribution in [0.4, 0.5) is 0 Å². The summed E-state index contributed by atoms with van der Waals surface area (Å²) in [6, 6.07) is 16.5. The summed E-state index contributed by atoms with van der Waals surface area (Å²) in [4.78, 5) is 17.0. The van der Waals surface area contributed by atoms with Gasteiger partial charge in [0.1, 0.15) is 11.6 Å². The maximum Gasteiger partial charge on any atom is 0.220 e. The molecule has 0 saturated heterocycles. The Balaban J connectivity index is 1.40. The van der Waals surface area contributed by atoms with Gasteiger partial charge in [-0.05, 0) is 43.0 Å². The van der Waals surface area contributed by atoms with Gasteiger partial charge < -0.3 is 14.6 Å². The third kappa shape index (κ3) is 3.43. The Hall–Kier alpha value is -2.82. The second-order valence-electron chi connectivity index (χ2n) is 6.71. The zero-order valence-electron chi connectivity index (χ0n) is 14.9. The van der Waals surface area contributed by atoms with Crippen LogP contribution in [0.15, 0.2) is 48.5 Å². The lowest BCUT2D eigenvalue weighted by Crippen LogP contribution is -2.25. The summed E-state index contributed by atoms with van der Waals surface area (Å²) in [5, 5.41) is 3.03. The normalized spacial score (nSPS) is 13.7. The van der Waals surface area contributed by atoms with Crippen LogP contribution in [-0.4, -0.2) is 22.6 Å². The Morgan fingerprint density at radius 3 is 2.77 bits per heavy atom. The van der Waals surface area contributed by atoms with E-state index < -0.39 is 0 Å². The molecule has 0 unspecified atom stereocenters. The van der Waals surface area contributed by atoms with Crippen LogP contribution in [0.5, 0.6) is 5.75 Å². The number of benzene rings is 2. The third-order valence-corrected chi connectivity index (χ3v) is 4.84. The number of hydrogen-bond acceptors (Lipinski definition) is 3. The highest BCUT2D eigenvalue weighted by Crippen LogP contribution is 2.38. The van der Waals surface area contributed by atoms with Crippen LogP contribution in [0.25, 0.3) is 11.0 Å². The van der Waals surface area contributed by atoms with E-state index in [2.05, 4.69) is 16.0 Å². The molecule has 0 aliphatic heterocycles. The number of aromatic nitrogens is 2. The van der Waals surface area contributed by atoms with Crippen LogP contribution in [-0.2, 0) is 17.8 Å². The highest BCUT2D eigenvalue weighted by molar-refractivity contribution is 5.78. The Kier molecular flexibility index (Phi) is 4.61. The maximum atomic E-state index is 12.3. The van der Waals surface area contributed by atoms with Crippen LogP contribution < -0.4 is 10.1 Å². The number of hydrogen-bond donors (Lipinski definition) is 1. The Morgan fingerprint density at radius 2 is 1.96 bits per heavy atom. The quantitative estimate of drug-likeness (QED) is 0.709. The summed E-state index contributed by atoms with van der Waals surface area (Å²) in [6.07, 6.45) is 3.48. The van der Waals surface area contributed by atoms with E-state index in [4.69, 9.17) is 9.72 Å². The number of nitrogens with one attached hydrogen (secondary N) is 1. The average molecular weight is 349 g/mol. The van der Waals surface area contributed by atoms with Crippen LogP contribution in [0.3, 0.4) is 0 Å². The first-order chi connectivity index (χ1) is 12.8. The first kappa shape index (κ1) is 16.6. The van der Waals surface area contributed by atoms with E-state index in [9.17, 15) is 4.79 Å². The molecule has 1 fully saturated rings. The number of carbonyl (C=O) groups is 1. The molecule has 1 aliphatic rings. The molecule has 1 heterocycles. The molecule has 0 radical (unpaired) electrons. The van der Waals surface area contributed by atoms with Crippen LogP contribution >= 0.6 is 0 Å². The number of imidazole rings is 1. The lowest BCUT2D eigenvalue weighted by molar-refractivity contribution is -0.121. The number of methoxy groups -OCH3 is 1. The van der Waals surface area contributed by atoms with Gasteiger partial charge in [0.25, 0.3) is 0 Å². The number of aryl methyl sites for hydroxylation is 1. The van der Waals surface area contributed by atoms with E-state index in [1.165, 1.54) is 12.8 Å². The third-order valence-electron chi connectivity index (χ3n) is 4.84. The Bertz CT molecular complexity index is 928. The van der Waals surface area contributed by atoms with Crippen molar-refractivity contribution in [2.45, 2.75) is 38.3 Å². The minimum Gasteiger partial charge on any atom is -0.496 e. The van der Waals surface area contributed by atoms with Crippen LogP contribution in [0.1, 0.15) is 36.7 Å². The number of ether oxygens (including phenoxy) is 1. The number of nitrogens with zero attached hydrogens (tertiary/aromatic N) is 2. The smallest absolute Gasteiger partial charge is 0.220 e. The van der Waals surface area contributed by atoms with E-state index in [0.29, 0.717) is 25.4 Å². The fourth-order valence-corrected chi connectivity index (χ4v) is 3.38. The summed E-state index contributed by atoms with van der Waals surface area (Å²) >= 11 is 0. The molecule has 26 heavy (non-hydrogen) atoms. The van der Waals surface area contributed by atoms with Crippen molar-refractivity contribution in [1.82, 2.24) is 14.9 Å². The molecule has 0 atom stereocenters. The summed E-state index contributed by atoms with van der Waals surface area (Å²) in [5.74, 6) is 1.81. The molecule has 0 spiro atoms. The molecule has 1 N–H and O–H groups in total. The SMILES string of the molecule is COc1ccccc1CCC(=O)NCc1nc2ccccc2n1C1CC1. The fourth-order valence-electron chi connectivity index (χ4n) is 3.38. The first-order valence-corrected chi connectivity index (χ1v) is 9.10. The van der Waals surface area contributed by atoms with Gasteiger partial charge in [0.2, 0.25) is 5.91 Å². The van der Waals surface area contributed by atoms with Gasteiger partial charge >= 0.3 is 0 Å². The zero-order chi connectivity index (χ0) is 17.9. The minimum atomic E-state index is 0.0327. The van der Waals surface area contributed by atoms with Crippen molar-refractivity contribution in [3.63, 3.8) is 0 Å². The molecule has 1 aliphatic carbocycles. The Labute approximate surface area is 153 Å². The van der Waals surface area contributed by atoms with Gasteiger partial charge in [0, 0.05) is 12.5 Å². The molecule has 4 rings (SSSR count). The topological polar surface area (TPSA) is 56.1 Å². The van der Waals surface area contributed by atoms with Crippen molar-refractivity contribution in [3.8, 4) is 5.75 Å². The summed E-state index contributed by atoms with van der Waals surface area (Å²) in [5.41, 5.74) is 3.21. The van der Waals surface area contributed by atoms with E-state index in [1.54, 1.807) is 7.11 Å². The van der Waals surface area contributed by atoms with Gasteiger partial charge in [0.15, 0.2) is 0 Å². The monoisotopic (exact) mass is 349 g/mol. The average Bonchev–Trinajstić information content (AvgIpc) is 3.45. The van der Waals surface area contributed by atoms with E-state index in [-0.39, 0.29) is 5.91 Å². The second kappa shape index (κ2) is 7.20. The van der Waals surface area contributed by atoms with Gasteiger partial charge in [-0.1, -0.05) is 30.3 Å². The second-order valence-corrected chi connectivity index (χ2v) is 6.71. The fraction of sp³-hybridized carbons (Fsp3) is 0.333. The first-order valence-electron chi connectivity index (χ1n) is 9.10. The molecule has 3 aromatic rings. The standard InChI is InChI=1S/C21H23N3O2/c1-26-19-9-5-2-6-15(19)10-13-21(25)22-14-20-23-17-7-3-4-8-18(17)24(20)16-11-12-16/h2-9,16H,10-14H2,1H3,(H,22,25). The summed E-state index contributed by atoms with van der Waals surface area (Å²) < 4.78 is 7.63. The molecular formula is C21H23N3O2.